The van der Waals surface area contributed by atoms with Crippen molar-refractivity contribution in [1.29, 1.82) is 0 Å². The van der Waals surface area contributed by atoms with E-state index < -0.39 is 0 Å². The van der Waals surface area contributed by atoms with Crippen LogP contribution < -0.4 is 0 Å². The molecule has 4 nitrogen and oxygen atoms in total. The van der Waals surface area contributed by atoms with Crippen LogP contribution in [0.5, 0.6) is 0 Å². The SMILES string of the molecule is Clc1cccc2c1c1cc3ccccc3cc1n2-c1ccc(-c2nc(-c3cccc4ccccc34)c3cccnc3n2)cc1. The zero-order chi connectivity index (χ0) is 29.2. The highest BCUT2D eigenvalue weighted by Gasteiger charge is 2.17. The lowest BCUT2D eigenvalue weighted by Gasteiger charge is -2.12. The molecule has 0 saturated carbocycles. The average Bonchev–Trinajstić information content (AvgIpc) is 3.40. The van der Waals surface area contributed by atoms with E-state index in [0.717, 1.165) is 60.1 Å². The molecule has 0 radical (unpaired) electrons. The molecule has 0 unspecified atom stereocenters. The number of pyridine rings is 1. The second-order valence-corrected chi connectivity index (χ2v) is 11.4. The maximum atomic E-state index is 6.81. The van der Waals surface area contributed by atoms with Gasteiger partial charge in [-0.25, -0.2) is 15.0 Å². The van der Waals surface area contributed by atoms with Gasteiger partial charge in [-0.2, -0.15) is 0 Å². The summed E-state index contributed by atoms with van der Waals surface area (Å²) < 4.78 is 2.29. The first-order chi connectivity index (χ1) is 21.7. The summed E-state index contributed by atoms with van der Waals surface area (Å²) in [7, 11) is 0. The Labute approximate surface area is 257 Å². The molecule has 3 heterocycles. The molecule has 0 bridgehead atoms. The number of benzene rings is 6. The van der Waals surface area contributed by atoms with Crippen molar-refractivity contribution in [3.8, 4) is 28.3 Å². The van der Waals surface area contributed by atoms with Gasteiger partial charge in [-0.3, -0.25) is 0 Å². The maximum Gasteiger partial charge on any atom is 0.163 e. The van der Waals surface area contributed by atoms with Crippen LogP contribution in [0.1, 0.15) is 0 Å². The molecule has 3 aromatic heterocycles. The third kappa shape index (κ3) is 3.82. The first-order valence-electron chi connectivity index (χ1n) is 14.6. The van der Waals surface area contributed by atoms with E-state index in [2.05, 4.69) is 119 Å². The highest BCUT2D eigenvalue weighted by atomic mass is 35.5. The fourth-order valence-electron chi connectivity index (χ4n) is 6.48. The van der Waals surface area contributed by atoms with Gasteiger partial charge in [-0.1, -0.05) is 84.4 Å². The van der Waals surface area contributed by atoms with E-state index in [1.54, 1.807) is 6.20 Å². The molecule has 0 saturated heterocycles. The van der Waals surface area contributed by atoms with E-state index in [1.165, 1.54) is 16.2 Å². The third-order valence-corrected chi connectivity index (χ3v) is 8.82. The van der Waals surface area contributed by atoms with Gasteiger partial charge in [0.15, 0.2) is 11.5 Å². The smallest absolute Gasteiger partial charge is 0.163 e. The molecule has 44 heavy (non-hydrogen) atoms. The van der Waals surface area contributed by atoms with Gasteiger partial charge in [0.05, 0.1) is 21.7 Å². The van der Waals surface area contributed by atoms with Crippen molar-refractivity contribution in [2.75, 3.05) is 0 Å². The van der Waals surface area contributed by atoms with Crippen molar-refractivity contribution < 1.29 is 0 Å². The highest BCUT2D eigenvalue weighted by molar-refractivity contribution is 6.38. The van der Waals surface area contributed by atoms with Gasteiger partial charge >= 0.3 is 0 Å². The molecule has 0 aliphatic heterocycles. The van der Waals surface area contributed by atoms with Gasteiger partial charge in [0.25, 0.3) is 0 Å². The van der Waals surface area contributed by atoms with Gasteiger partial charge in [0.2, 0.25) is 0 Å². The van der Waals surface area contributed by atoms with E-state index in [9.17, 15) is 0 Å². The quantitative estimate of drug-likeness (QED) is 0.208. The Kier molecular flexibility index (Phi) is 5.52. The fourth-order valence-corrected chi connectivity index (χ4v) is 6.75. The zero-order valence-corrected chi connectivity index (χ0v) is 24.2. The molecule has 5 heteroatoms. The Hall–Kier alpha value is -5.58. The molecule has 6 aromatic carbocycles. The molecule has 0 N–H and O–H groups in total. The van der Waals surface area contributed by atoms with E-state index in [0.29, 0.717) is 11.5 Å². The summed E-state index contributed by atoms with van der Waals surface area (Å²) in [5.41, 5.74) is 6.77. The molecular weight excluding hydrogens is 560 g/mol. The molecule has 0 fully saturated rings. The number of nitrogens with zero attached hydrogens (tertiary/aromatic N) is 4. The van der Waals surface area contributed by atoms with Gasteiger partial charge in [-0.15, -0.1) is 0 Å². The molecule has 9 rings (SSSR count). The number of fused-ring (bicyclic) bond motifs is 6. The Morgan fingerprint density at radius 3 is 2.14 bits per heavy atom. The van der Waals surface area contributed by atoms with Crippen molar-refractivity contribution in [1.82, 2.24) is 19.5 Å². The maximum absolute atomic E-state index is 6.81. The minimum Gasteiger partial charge on any atom is -0.309 e. The Morgan fingerprint density at radius 1 is 0.545 bits per heavy atom. The second kappa shape index (κ2) is 9.73. The summed E-state index contributed by atoms with van der Waals surface area (Å²) in [6, 6.07) is 46.2. The Balaban J connectivity index is 1.23. The van der Waals surface area contributed by atoms with Crippen molar-refractivity contribution >= 4 is 66.0 Å². The summed E-state index contributed by atoms with van der Waals surface area (Å²) >= 11 is 6.81. The van der Waals surface area contributed by atoms with Gasteiger partial charge in [0, 0.05) is 39.2 Å². The molecule has 0 atom stereocenters. The van der Waals surface area contributed by atoms with Gasteiger partial charge < -0.3 is 4.57 Å². The summed E-state index contributed by atoms with van der Waals surface area (Å²) in [5.74, 6) is 0.641. The fraction of sp³-hybridized carbons (Fsp3) is 0. The molecule has 0 spiro atoms. The lowest BCUT2D eigenvalue weighted by Crippen LogP contribution is -1.98. The highest BCUT2D eigenvalue weighted by Crippen LogP contribution is 2.39. The van der Waals surface area contributed by atoms with Crippen molar-refractivity contribution in [3.63, 3.8) is 0 Å². The number of aromatic nitrogens is 4. The van der Waals surface area contributed by atoms with Crippen LogP contribution in [0, 0.1) is 0 Å². The minimum atomic E-state index is 0.641. The Morgan fingerprint density at radius 2 is 1.27 bits per heavy atom. The van der Waals surface area contributed by atoms with Crippen LogP contribution in [0.25, 0.3) is 82.7 Å². The van der Waals surface area contributed by atoms with Crippen molar-refractivity contribution in [3.05, 3.63) is 145 Å². The van der Waals surface area contributed by atoms with Crippen LogP contribution in [0.3, 0.4) is 0 Å². The Bertz CT molecular complexity index is 2560. The van der Waals surface area contributed by atoms with Crippen LogP contribution >= 0.6 is 11.6 Å². The molecule has 206 valence electrons. The monoisotopic (exact) mass is 582 g/mol. The molecule has 0 aliphatic rings. The number of hydrogen-bond donors (Lipinski definition) is 0. The van der Waals surface area contributed by atoms with Crippen LogP contribution in [0.2, 0.25) is 5.02 Å². The summed E-state index contributed by atoms with van der Waals surface area (Å²) in [5, 5.41) is 8.58. The normalized spacial score (nSPS) is 11.8. The zero-order valence-electron chi connectivity index (χ0n) is 23.4. The predicted molar refractivity (Wildman–Crippen MR) is 183 cm³/mol. The van der Waals surface area contributed by atoms with E-state index >= 15 is 0 Å². The summed E-state index contributed by atoms with van der Waals surface area (Å²) in [6.45, 7) is 0. The second-order valence-electron chi connectivity index (χ2n) is 11.0. The number of halogens is 1. The first kappa shape index (κ1) is 25.0. The van der Waals surface area contributed by atoms with E-state index in [4.69, 9.17) is 21.6 Å². The van der Waals surface area contributed by atoms with Gasteiger partial charge in [0.1, 0.15) is 0 Å². The minimum absolute atomic E-state index is 0.641. The van der Waals surface area contributed by atoms with Crippen LogP contribution in [0.15, 0.2) is 140 Å². The van der Waals surface area contributed by atoms with Gasteiger partial charge in [-0.05, 0) is 82.2 Å². The summed E-state index contributed by atoms with van der Waals surface area (Å²) in [4.78, 5) is 14.7. The number of rotatable bonds is 3. The molecule has 9 aromatic rings. The van der Waals surface area contributed by atoms with Crippen LogP contribution in [-0.4, -0.2) is 19.5 Å². The lowest BCUT2D eigenvalue weighted by molar-refractivity contribution is 1.17. The molecule has 0 aliphatic carbocycles. The summed E-state index contributed by atoms with van der Waals surface area (Å²) in [6.07, 6.45) is 1.78. The molecule has 0 amide bonds. The van der Waals surface area contributed by atoms with Crippen LogP contribution in [0.4, 0.5) is 0 Å². The average molecular weight is 583 g/mol. The largest absolute Gasteiger partial charge is 0.309 e. The topological polar surface area (TPSA) is 43.6 Å². The van der Waals surface area contributed by atoms with Crippen molar-refractivity contribution in [2.24, 2.45) is 0 Å². The van der Waals surface area contributed by atoms with Crippen LogP contribution in [-0.2, 0) is 0 Å². The third-order valence-electron chi connectivity index (χ3n) is 8.51. The predicted octanol–water partition coefficient (Wildman–Crippen LogP) is 10.4. The first-order valence-corrected chi connectivity index (χ1v) is 14.9. The standard InChI is InChI=1S/C39H23ClN4/c40-33-15-6-16-34-36(33)32-22-26-9-1-2-10-27(26)23-35(32)44(34)28-19-17-25(18-20-28)38-42-37(31-14-7-21-41-39(31)43-38)30-13-5-11-24-8-3-4-12-29(24)30/h1-23H. The van der Waals surface area contributed by atoms with Crippen molar-refractivity contribution in [2.45, 2.75) is 0 Å². The number of hydrogen-bond acceptors (Lipinski definition) is 3. The van der Waals surface area contributed by atoms with E-state index in [1.807, 2.05) is 24.3 Å². The lowest BCUT2D eigenvalue weighted by atomic mass is 10.00. The van der Waals surface area contributed by atoms with E-state index in [-0.39, 0.29) is 0 Å². The molecular formula is C39H23ClN4.